The van der Waals surface area contributed by atoms with Gasteiger partial charge in [-0.1, -0.05) is 41.9 Å². The number of hydrogen-bond donors (Lipinski definition) is 1. The minimum Gasteiger partial charge on any atom is -0.477 e. The molecular formula is C21H14ClN3O3. The molecule has 4 aromatic rings. The molecule has 6 nitrogen and oxygen atoms in total. The fraction of sp³-hybridized carbons (Fsp3) is 0.0476. The molecule has 1 N–H and O–H groups in total. The smallest absolute Gasteiger partial charge is 0.354 e. The Morgan fingerprint density at radius 2 is 1.82 bits per heavy atom. The van der Waals surface area contributed by atoms with Crippen LogP contribution in [0.25, 0.3) is 16.6 Å². The average Bonchev–Trinajstić information content (AvgIpc) is 3.07. The van der Waals surface area contributed by atoms with Gasteiger partial charge in [0.2, 0.25) is 5.78 Å². The number of rotatable bonds is 4. The van der Waals surface area contributed by atoms with Gasteiger partial charge in [0.15, 0.2) is 0 Å². The molecule has 2 aromatic heterocycles. The van der Waals surface area contributed by atoms with Gasteiger partial charge in [0, 0.05) is 10.9 Å². The lowest BCUT2D eigenvalue weighted by Gasteiger charge is -2.05. The molecule has 2 aromatic carbocycles. The van der Waals surface area contributed by atoms with Crippen molar-refractivity contribution in [3.05, 3.63) is 88.3 Å². The molecule has 7 heteroatoms. The third-order valence-electron chi connectivity index (χ3n) is 4.46. The maximum Gasteiger partial charge on any atom is 0.354 e. The van der Waals surface area contributed by atoms with Crippen molar-refractivity contribution in [3.63, 3.8) is 0 Å². The Labute approximate surface area is 165 Å². The van der Waals surface area contributed by atoms with Crippen molar-refractivity contribution in [1.82, 2.24) is 14.8 Å². The molecule has 0 aliphatic heterocycles. The van der Waals surface area contributed by atoms with Gasteiger partial charge < -0.3 is 5.11 Å². The summed E-state index contributed by atoms with van der Waals surface area (Å²) in [5, 5.41) is 14.6. The summed E-state index contributed by atoms with van der Waals surface area (Å²) in [5.74, 6) is -1.38. The monoisotopic (exact) mass is 391 g/mol. The number of hydrogen-bond acceptors (Lipinski definition) is 4. The fourth-order valence-corrected chi connectivity index (χ4v) is 3.41. The topological polar surface area (TPSA) is 85.1 Å². The van der Waals surface area contributed by atoms with Gasteiger partial charge in [0.25, 0.3) is 0 Å². The second kappa shape index (κ2) is 6.90. The Morgan fingerprint density at radius 1 is 1.04 bits per heavy atom. The van der Waals surface area contributed by atoms with Crippen LogP contribution in [0.2, 0.25) is 5.02 Å². The molecule has 0 radical (unpaired) electrons. The predicted molar refractivity (Wildman–Crippen MR) is 105 cm³/mol. The normalized spacial score (nSPS) is 10.9. The first-order valence-corrected chi connectivity index (χ1v) is 8.82. The third-order valence-corrected chi connectivity index (χ3v) is 4.78. The lowest BCUT2D eigenvalue weighted by atomic mass is 10.0. The van der Waals surface area contributed by atoms with E-state index in [4.69, 9.17) is 16.7 Å². The number of fused-ring (bicyclic) bond motifs is 1. The summed E-state index contributed by atoms with van der Waals surface area (Å²) >= 11 is 6.28. The van der Waals surface area contributed by atoms with E-state index in [2.05, 4.69) is 10.1 Å². The van der Waals surface area contributed by atoms with Crippen LogP contribution < -0.4 is 0 Å². The minimum atomic E-state index is -1.11. The number of benzene rings is 2. The molecule has 0 aliphatic rings. The highest BCUT2D eigenvalue weighted by Gasteiger charge is 2.22. The van der Waals surface area contributed by atoms with Crippen molar-refractivity contribution in [3.8, 4) is 5.69 Å². The summed E-state index contributed by atoms with van der Waals surface area (Å²) < 4.78 is 1.58. The van der Waals surface area contributed by atoms with Crippen LogP contribution in [-0.2, 0) is 0 Å². The standard InChI is InChI=1S/C21H14ClN3O3/c1-12-5-4-7-15(22)18(12)20(26)19-14-6-2-3-8-17(14)25(24-19)13-9-10-16(21(27)28)23-11-13/h2-11H,1H3,(H,27,28). The van der Waals surface area contributed by atoms with Crippen LogP contribution in [0, 0.1) is 6.92 Å². The summed E-state index contributed by atoms with van der Waals surface area (Å²) in [6.07, 6.45) is 1.41. The highest BCUT2D eigenvalue weighted by Crippen LogP contribution is 2.28. The van der Waals surface area contributed by atoms with Crippen LogP contribution in [-0.4, -0.2) is 31.6 Å². The van der Waals surface area contributed by atoms with Gasteiger partial charge in [-0.25, -0.2) is 14.5 Å². The lowest BCUT2D eigenvalue weighted by molar-refractivity contribution is 0.0690. The Hall–Kier alpha value is -3.51. The zero-order valence-corrected chi connectivity index (χ0v) is 15.5. The van der Waals surface area contributed by atoms with Crippen molar-refractivity contribution in [1.29, 1.82) is 0 Å². The Kier molecular flexibility index (Phi) is 4.41. The quantitative estimate of drug-likeness (QED) is 0.524. The summed E-state index contributed by atoms with van der Waals surface area (Å²) in [7, 11) is 0. The number of aromatic carboxylic acids is 1. The van der Waals surface area contributed by atoms with Gasteiger partial charge in [-0.3, -0.25) is 4.79 Å². The Balaban J connectivity index is 1.90. The fourth-order valence-electron chi connectivity index (χ4n) is 3.11. The van der Waals surface area contributed by atoms with E-state index in [0.717, 1.165) is 5.56 Å². The molecule has 0 spiro atoms. The van der Waals surface area contributed by atoms with Gasteiger partial charge in [-0.2, -0.15) is 5.10 Å². The zero-order chi connectivity index (χ0) is 19.8. The number of para-hydroxylation sites is 1. The van der Waals surface area contributed by atoms with Gasteiger partial charge in [-0.15, -0.1) is 0 Å². The van der Waals surface area contributed by atoms with E-state index in [0.29, 0.717) is 27.2 Å². The first-order valence-electron chi connectivity index (χ1n) is 8.44. The molecule has 0 fully saturated rings. The van der Waals surface area contributed by atoms with Crippen LogP contribution in [0.5, 0.6) is 0 Å². The molecule has 0 unspecified atom stereocenters. The largest absolute Gasteiger partial charge is 0.477 e. The number of aromatic nitrogens is 3. The third kappa shape index (κ3) is 2.93. The molecule has 2 heterocycles. The predicted octanol–water partition coefficient (Wildman–Crippen LogP) is 4.31. The van der Waals surface area contributed by atoms with Gasteiger partial charge in [0.05, 0.1) is 22.4 Å². The highest BCUT2D eigenvalue weighted by atomic mass is 35.5. The van der Waals surface area contributed by atoms with Crippen LogP contribution >= 0.6 is 11.6 Å². The van der Waals surface area contributed by atoms with E-state index >= 15 is 0 Å². The number of pyridine rings is 1. The maximum absolute atomic E-state index is 13.2. The number of carbonyl (C=O) groups is 2. The molecule has 0 saturated heterocycles. The van der Waals surface area contributed by atoms with Crippen LogP contribution in [0.4, 0.5) is 0 Å². The van der Waals surface area contributed by atoms with Crippen molar-refractivity contribution >= 4 is 34.3 Å². The van der Waals surface area contributed by atoms with Crippen molar-refractivity contribution in [2.45, 2.75) is 6.92 Å². The molecule has 0 saturated carbocycles. The van der Waals surface area contributed by atoms with E-state index in [9.17, 15) is 9.59 Å². The average molecular weight is 392 g/mol. The minimum absolute atomic E-state index is 0.0665. The number of carboxylic acid groups (broad SMARTS) is 1. The number of carboxylic acids is 1. The van der Waals surface area contributed by atoms with Gasteiger partial charge >= 0.3 is 5.97 Å². The molecule has 28 heavy (non-hydrogen) atoms. The van der Waals surface area contributed by atoms with Gasteiger partial charge in [0.1, 0.15) is 11.4 Å². The van der Waals surface area contributed by atoms with E-state index in [-0.39, 0.29) is 17.2 Å². The Morgan fingerprint density at radius 3 is 2.50 bits per heavy atom. The Bertz CT molecular complexity index is 1210. The molecule has 0 bridgehead atoms. The zero-order valence-electron chi connectivity index (χ0n) is 14.8. The number of aryl methyl sites for hydroxylation is 1. The van der Waals surface area contributed by atoms with Crippen LogP contribution in [0.1, 0.15) is 32.1 Å². The van der Waals surface area contributed by atoms with Crippen LogP contribution in [0.3, 0.4) is 0 Å². The number of ketones is 1. The van der Waals surface area contributed by atoms with E-state index in [1.165, 1.54) is 12.3 Å². The molecule has 138 valence electrons. The molecule has 4 rings (SSSR count). The first kappa shape index (κ1) is 17.9. The maximum atomic E-state index is 13.2. The second-order valence-corrected chi connectivity index (χ2v) is 6.65. The number of nitrogens with zero attached hydrogens (tertiary/aromatic N) is 3. The summed E-state index contributed by atoms with van der Waals surface area (Å²) in [4.78, 5) is 28.2. The van der Waals surface area contributed by atoms with E-state index in [1.807, 2.05) is 37.3 Å². The first-order chi connectivity index (χ1) is 13.5. The highest BCUT2D eigenvalue weighted by molar-refractivity contribution is 6.35. The van der Waals surface area contributed by atoms with Crippen LogP contribution in [0.15, 0.2) is 60.8 Å². The van der Waals surface area contributed by atoms with Gasteiger partial charge in [-0.05, 0) is 36.8 Å². The molecule has 0 amide bonds. The number of halogens is 1. The van der Waals surface area contributed by atoms with Crippen molar-refractivity contribution < 1.29 is 14.7 Å². The van der Waals surface area contributed by atoms with E-state index in [1.54, 1.807) is 22.9 Å². The second-order valence-electron chi connectivity index (χ2n) is 6.25. The number of carbonyl (C=O) groups excluding carboxylic acids is 1. The molecule has 0 aliphatic carbocycles. The lowest BCUT2D eigenvalue weighted by Crippen LogP contribution is -2.07. The summed E-state index contributed by atoms with van der Waals surface area (Å²) in [6, 6.07) is 15.6. The SMILES string of the molecule is Cc1cccc(Cl)c1C(=O)c1nn(-c2ccc(C(=O)O)nc2)c2ccccc12. The molecule has 0 atom stereocenters. The van der Waals surface area contributed by atoms with E-state index < -0.39 is 5.97 Å². The summed E-state index contributed by atoms with van der Waals surface area (Å²) in [5.41, 5.74) is 2.65. The summed E-state index contributed by atoms with van der Waals surface area (Å²) in [6.45, 7) is 1.83. The van der Waals surface area contributed by atoms with Crippen molar-refractivity contribution in [2.24, 2.45) is 0 Å². The molecular weight excluding hydrogens is 378 g/mol. The van der Waals surface area contributed by atoms with Crippen molar-refractivity contribution in [2.75, 3.05) is 0 Å².